The van der Waals surface area contributed by atoms with Crippen LogP contribution in [0.15, 0.2) is 0 Å². The second-order valence-electron chi connectivity index (χ2n) is 3.69. The summed E-state index contributed by atoms with van der Waals surface area (Å²) in [6.45, 7) is 11.2. The van der Waals surface area contributed by atoms with Gasteiger partial charge < -0.3 is 5.32 Å². The maximum atomic E-state index is 3.43. The Morgan fingerprint density at radius 2 is 1.75 bits per heavy atom. The lowest BCUT2D eigenvalue weighted by molar-refractivity contribution is 0.350. The second kappa shape index (κ2) is 7.60. The van der Waals surface area contributed by atoms with Crippen molar-refractivity contribution in [3.63, 3.8) is 0 Å². The van der Waals surface area contributed by atoms with Gasteiger partial charge in [0.1, 0.15) is 0 Å². The van der Waals surface area contributed by atoms with Crippen LogP contribution in [0.2, 0.25) is 0 Å². The molecule has 0 aliphatic carbocycles. The molecule has 0 radical (unpaired) electrons. The maximum absolute atomic E-state index is 3.43. The quantitative estimate of drug-likeness (QED) is 0.639. The predicted molar refractivity (Wildman–Crippen MR) is 56.4 cm³/mol. The van der Waals surface area contributed by atoms with Gasteiger partial charge in [0.25, 0.3) is 0 Å². The van der Waals surface area contributed by atoms with Crippen molar-refractivity contribution < 1.29 is 0 Å². The molecule has 1 unspecified atom stereocenters. The number of nitrogens with one attached hydrogen (secondary N) is 1. The van der Waals surface area contributed by atoms with Gasteiger partial charge in [-0.1, -0.05) is 27.7 Å². The fourth-order valence-corrected chi connectivity index (χ4v) is 1.71. The van der Waals surface area contributed by atoms with Crippen LogP contribution in [0.5, 0.6) is 0 Å². The summed E-state index contributed by atoms with van der Waals surface area (Å²) in [5.74, 6) is 1.87. The Labute approximate surface area is 77.9 Å². The summed E-state index contributed by atoms with van der Waals surface area (Å²) >= 11 is 0. The molecule has 1 aliphatic rings. The molecular formula is C11H25N. The van der Waals surface area contributed by atoms with E-state index in [1.165, 1.54) is 32.4 Å². The van der Waals surface area contributed by atoms with E-state index in [4.69, 9.17) is 0 Å². The van der Waals surface area contributed by atoms with E-state index in [0.717, 1.165) is 11.8 Å². The second-order valence-corrected chi connectivity index (χ2v) is 3.69. The molecule has 1 fully saturated rings. The zero-order chi connectivity index (χ0) is 9.40. The van der Waals surface area contributed by atoms with Gasteiger partial charge in [-0.2, -0.15) is 0 Å². The molecule has 1 N–H and O–H groups in total. The van der Waals surface area contributed by atoms with Crippen LogP contribution < -0.4 is 5.32 Å². The van der Waals surface area contributed by atoms with Crippen LogP contribution in [-0.4, -0.2) is 13.1 Å². The Hall–Kier alpha value is -0.0400. The van der Waals surface area contributed by atoms with Crippen LogP contribution in [0.3, 0.4) is 0 Å². The molecule has 1 rings (SSSR count). The van der Waals surface area contributed by atoms with Crippen molar-refractivity contribution in [2.75, 3.05) is 13.1 Å². The first-order valence-corrected chi connectivity index (χ1v) is 5.51. The standard InChI is InChI=1S/C9H19N.C2H6/c1-8(2)9-4-3-6-10-7-5-9;1-2/h8-10H,3-7H2,1-2H3;1-2H3. The third-order valence-corrected chi connectivity index (χ3v) is 2.56. The Balaban J connectivity index is 0.000000561. The molecular weight excluding hydrogens is 146 g/mol. The molecule has 0 aromatic heterocycles. The zero-order valence-electron chi connectivity index (χ0n) is 9.19. The van der Waals surface area contributed by atoms with Crippen molar-refractivity contribution in [3.05, 3.63) is 0 Å². The van der Waals surface area contributed by atoms with Crippen LogP contribution in [0.1, 0.15) is 47.0 Å². The normalized spacial score (nSPS) is 24.2. The first kappa shape index (κ1) is 12.0. The van der Waals surface area contributed by atoms with E-state index < -0.39 is 0 Å². The summed E-state index contributed by atoms with van der Waals surface area (Å²) in [6, 6.07) is 0. The van der Waals surface area contributed by atoms with Gasteiger partial charge in [0.15, 0.2) is 0 Å². The molecule has 0 aromatic rings. The van der Waals surface area contributed by atoms with Crippen molar-refractivity contribution in [3.8, 4) is 0 Å². The Morgan fingerprint density at radius 3 is 2.33 bits per heavy atom. The number of hydrogen-bond donors (Lipinski definition) is 1. The summed E-state index contributed by atoms with van der Waals surface area (Å²) in [5, 5.41) is 3.43. The molecule has 1 saturated heterocycles. The lowest BCUT2D eigenvalue weighted by Gasteiger charge is -2.16. The molecule has 1 heteroatoms. The largest absolute Gasteiger partial charge is 0.317 e. The molecule has 0 spiro atoms. The average Bonchev–Trinajstić information content (AvgIpc) is 2.35. The molecule has 0 saturated carbocycles. The minimum absolute atomic E-state index is 0.889. The molecule has 12 heavy (non-hydrogen) atoms. The number of rotatable bonds is 1. The van der Waals surface area contributed by atoms with Gasteiger partial charge in [0.05, 0.1) is 0 Å². The lowest BCUT2D eigenvalue weighted by Crippen LogP contribution is -2.15. The van der Waals surface area contributed by atoms with E-state index in [1.54, 1.807) is 0 Å². The van der Waals surface area contributed by atoms with Crippen LogP contribution >= 0.6 is 0 Å². The highest BCUT2D eigenvalue weighted by Gasteiger charge is 2.14. The third-order valence-electron chi connectivity index (χ3n) is 2.56. The van der Waals surface area contributed by atoms with Crippen molar-refractivity contribution in [2.24, 2.45) is 11.8 Å². The predicted octanol–water partition coefficient (Wildman–Crippen LogP) is 3.06. The molecule has 1 heterocycles. The van der Waals surface area contributed by atoms with E-state index in [2.05, 4.69) is 19.2 Å². The van der Waals surface area contributed by atoms with Crippen molar-refractivity contribution in [2.45, 2.75) is 47.0 Å². The zero-order valence-corrected chi connectivity index (χ0v) is 9.19. The molecule has 0 amide bonds. The van der Waals surface area contributed by atoms with E-state index in [0.29, 0.717) is 0 Å². The summed E-state index contributed by atoms with van der Waals surface area (Å²) in [7, 11) is 0. The van der Waals surface area contributed by atoms with Gasteiger partial charge in [-0.25, -0.2) is 0 Å². The molecule has 0 bridgehead atoms. The van der Waals surface area contributed by atoms with Crippen LogP contribution in [-0.2, 0) is 0 Å². The topological polar surface area (TPSA) is 12.0 Å². The van der Waals surface area contributed by atoms with Gasteiger partial charge in [0.2, 0.25) is 0 Å². The maximum Gasteiger partial charge on any atom is -0.00462 e. The van der Waals surface area contributed by atoms with Gasteiger partial charge in [-0.3, -0.25) is 0 Å². The highest BCUT2D eigenvalue weighted by molar-refractivity contribution is 4.68. The monoisotopic (exact) mass is 171 g/mol. The molecule has 1 aliphatic heterocycles. The smallest absolute Gasteiger partial charge is 0.00462 e. The van der Waals surface area contributed by atoms with Crippen LogP contribution in [0, 0.1) is 11.8 Å². The fourth-order valence-electron chi connectivity index (χ4n) is 1.71. The Kier molecular flexibility index (Phi) is 7.58. The summed E-state index contributed by atoms with van der Waals surface area (Å²) in [4.78, 5) is 0. The van der Waals surface area contributed by atoms with Crippen LogP contribution in [0.4, 0.5) is 0 Å². The highest BCUT2D eigenvalue weighted by atomic mass is 14.8. The van der Waals surface area contributed by atoms with Gasteiger partial charge in [-0.05, 0) is 44.2 Å². The Morgan fingerprint density at radius 1 is 1.08 bits per heavy atom. The summed E-state index contributed by atoms with van der Waals surface area (Å²) in [6.07, 6.45) is 4.20. The minimum Gasteiger partial charge on any atom is -0.317 e. The van der Waals surface area contributed by atoms with Crippen molar-refractivity contribution in [1.29, 1.82) is 0 Å². The van der Waals surface area contributed by atoms with E-state index in [-0.39, 0.29) is 0 Å². The molecule has 74 valence electrons. The lowest BCUT2D eigenvalue weighted by atomic mass is 9.89. The average molecular weight is 171 g/mol. The minimum atomic E-state index is 0.889. The Bertz CT molecular complexity index is 81.0. The fraction of sp³-hybridized carbons (Fsp3) is 1.00. The first-order valence-electron chi connectivity index (χ1n) is 5.51. The first-order chi connectivity index (χ1) is 5.80. The van der Waals surface area contributed by atoms with Crippen LogP contribution in [0.25, 0.3) is 0 Å². The van der Waals surface area contributed by atoms with E-state index in [9.17, 15) is 0 Å². The number of hydrogen-bond acceptors (Lipinski definition) is 1. The summed E-state index contributed by atoms with van der Waals surface area (Å²) < 4.78 is 0. The van der Waals surface area contributed by atoms with E-state index >= 15 is 0 Å². The van der Waals surface area contributed by atoms with Gasteiger partial charge in [-0.15, -0.1) is 0 Å². The third kappa shape index (κ3) is 4.76. The van der Waals surface area contributed by atoms with Gasteiger partial charge >= 0.3 is 0 Å². The molecule has 1 nitrogen and oxygen atoms in total. The summed E-state index contributed by atoms with van der Waals surface area (Å²) in [5.41, 5.74) is 0. The molecule has 1 atom stereocenters. The van der Waals surface area contributed by atoms with E-state index in [1.807, 2.05) is 13.8 Å². The molecule has 0 aromatic carbocycles. The van der Waals surface area contributed by atoms with Crippen molar-refractivity contribution in [1.82, 2.24) is 5.32 Å². The highest BCUT2D eigenvalue weighted by Crippen LogP contribution is 2.21. The van der Waals surface area contributed by atoms with Crippen molar-refractivity contribution >= 4 is 0 Å². The SMILES string of the molecule is CC.CC(C)C1CCCNCC1. The van der Waals surface area contributed by atoms with Gasteiger partial charge in [0, 0.05) is 0 Å².